The summed E-state index contributed by atoms with van der Waals surface area (Å²) in [4.78, 5) is 24.3. The lowest BCUT2D eigenvalue weighted by molar-refractivity contribution is 0.101. The quantitative estimate of drug-likeness (QED) is 0.417. The summed E-state index contributed by atoms with van der Waals surface area (Å²) in [6.45, 7) is 13.6. The van der Waals surface area contributed by atoms with E-state index in [4.69, 9.17) is 9.47 Å². The molecular weight excluding hydrogens is 416 g/mol. The molecule has 0 spiro atoms. The number of fused-ring (bicyclic) bond motifs is 1. The van der Waals surface area contributed by atoms with Crippen LogP contribution in [0.2, 0.25) is 0 Å². The molecule has 2 heterocycles. The lowest BCUT2D eigenvalue weighted by atomic mass is 10.1. The zero-order valence-corrected chi connectivity index (χ0v) is 19.9. The van der Waals surface area contributed by atoms with Crippen molar-refractivity contribution in [3.05, 3.63) is 60.6 Å². The summed E-state index contributed by atoms with van der Waals surface area (Å²) in [5.74, 6) is 1.57. The first-order valence-electron chi connectivity index (χ1n) is 11.5. The number of hydrogen-bond acceptors (Lipinski definition) is 5. The number of aromatic nitrogens is 3. The van der Waals surface area contributed by atoms with Crippen LogP contribution in [-0.4, -0.2) is 37.7 Å². The Morgan fingerprint density at radius 3 is 2.55 bits per heavy atom. The Morgan fingerprint density at radius 2 is 1.91 bits per heavy atom. The Morgan fingerprint density at radius 1 is 1.18 bits per heavy atom. The smallest absolute Gasteiger partial charge is 0.417 e. The summed E-state index contributed by atoms with van der Waals surface area (Å²) < 4.78 is 13.6. The van der Waals surface area contributed by atoms with Crippen molar-refractivity contribution in [3.63, 3.8) is 0 Å². The Hall–Kier alpha value is -3.35. The number of benzene rings is 1. The van der Waals surface area contributed by atoms with Gasteiger partial charge < -0.3 is 14.0 Å². The van der Waals surface area contributed by atoms with Crippen molar-refractivity contribution in [1.82, 2.24) is 19.4 Å². The number of nitrogens with zero attached hydrogens (tertiary/aromatic N) is 4. The summed E-state index contributed by atoms with van der Waals surface area (Å²) in [5.41, 5.74) is 1.30. The first-order chi connectivity index (χ1) is 15.8. The third-order valence-corrected chi connectivity index (χ3v) is 5.70. The lowest BCUT2D eigenvalue weighted by Gasteiger charge is -2.34. The van der Waals surface area contributed by atoms with Gasteiger partial charge in [-0.1, -0.05) is 36.9 Å². The average molecular weight is 449 g/mol. The molecule has 33 heavy (non-hydrogen) atoms. The molecule has 0 radical (unpaired) electrons. The van der Waals surface area contributed by atoms with Gasteiger partial charge >= 0.3 is 6.09 Å². The molecule has 0 saturated heterocycles. The molecule has 4 rings (SSSR count). The standard InChI is InChI=1S/C26H32N4O3/c1-6-32-18(2)22-27-23-21(14-15-29(23)16-20-12-13-20)24(28-22)33-25(31)30(26(3,4)5)17-19-10-8-7-9-11-19/h7-11,14-15,20H,2,6,12-13,16-17H2,1,3-5H3. The number of hydrogen-bond donors (Lipinski definition) is 0. The Kier molecular flexibility index (Phi) is 6.40. The van der Waals surface area contributed by atoms with Crippen LogP contribution in [0.3, 0.4) is 0 Å². The second-order valence-corrected chi connectivity index (χ2v) is 9.47. The van der Waals surface area contributed by atoms with Gasteiger partial charge in [0.15, 0.2) is 11.6 Å². The fourth-order valence-electron chi connectivity index (χ4n) is 3.68. The van der Waals surface area contributed by atoms with E-state index in [-0.39, 0.29) is 5.88 Å². The maximum atomic E-state index is 13.4. The number of carbonyl (C=O) groups is 1. The largest absolute Gasteiger partial charge is 0.491 e. The molecule has 7 nitrogen and oxygen atoms in total. The Bertz CT molecular complexity index is 1140. The van der Waals surface area contributed by atoms with Crippen LogP contribution < -0.4 is 4.74 Å². The Balaban J connectivity index is 1.68. The highest BCUT2D eigenvalue weighted by Crippen LogP contribution is 2.33. The van der Waals surface area contributed by atoms with Gasteiger partial charge in [-0.05, 0) is 58.1 Å². The molecule has 1 aromatic carbocycles. The van der Waals surface area contributed by atoms with Crippen molar-refractivity contribution in [2.45, 2.75) is 59.2 Å². The second kappa shape index (κ2) is 9.25. The molecule has 3 aromatic rings. The van der Waals surface area contributed by atoms with Crippen LogP contribution in [0.5, 0.6) is 5.88 Å². The molecule has 0 atom stereocenters. The monoisotopic (exact) mass is 448 g/mol. The van der Waals surface area contributed by atoms with Crippen LogP contribution in [0.4, 0.5) is 4.79 Å². The van der Waals surface area contributed by atoms with Crippen LogP contribution in [0.1, 0.15) is 51.9 Å². The minimum Gasteiger partial charge on any atom is -0.491 e. The third-order valence-electron chi connectivity index (χ3n) is 5.70. The summed E-state index contributed by atoms with van der Waals surface area (Å²) in [5, 5.41) is 0.700. The number of amides is 1. The molecule has 7 heteroatoms. The predicted octanol–water partition coefficient (Wildman–Crippen LogP) is 5.65. The van der Waals surface area contributed by atoms with Crippen molar-refractivity contribution in [3.8, 4) is 5.88 Å². The van der Waals surface area contributed by atoms with Gasteiger partial charge in [-0.3, -0.25) is 4.90 Å². The third kappa shape index (κ3) is 5.35. The van der Waals surface area contributed by atoms with Gasteiger partial charge in [-0.15, -0.1) is 0 Å². The number of carbonyl (C=O) groups excluding carboxylic acids is 1. The van der Waals surface area contributed by atoms with E-state index in [2.05, 4.69) is 21.1 Å². The highest BCUT2D eigenvalue weighted by Gasteiger charge is 2.30. The average Bonchev–Trinajstić information content (AvgIpc) is 3.50. The van der Waals surface area contributed by atoms with Crippen LogP contribution in [-0.2, 0) is 17.8 Å². The van der Waals surface area contributed by atoms with Crippen LogP contribution >= 0.6 is 0 Å². The highest BCUT2D eigenvalue weighted by atomic mass is 16.6. The van der Waals surface area contributed by atoms with Gasteiger partial charge in [0, 0.05) is 24.8 Å². The molecule has 1 saturated carbocycles. The first kappa shape index (κ1) is 22.8. The van der Waals surface area contributed by atoms with Gasteiger partial charge in [0.2, 0.25) is 5.88 Å². The zero-order chi connectivity index (χ0) is 23.6. The molecule has 0 bridgehead atoms. The Labute approximate surface area is 195 Å². The van der Waals surface area contributed by atoms with Crippen LogP contribution in [0, 0.1) is 5.92 Å². The van der Waals surface area contributed by atoms with E-state index in [1.807, 2.05) is 70.3 Å². The van der Waals surface area contributed by atoms with Crippen molar-refractivity contribution in [1.29, 1.82) is 0 Å². The molecule has 1 aliphatic carbocycles. The molecule has 2 aromatic heterocycles. The summed E-state index contributed by atoms with van der Waals surface area (Å²) in [6.07, 6.45) is 3.97. The van der Waals surface area contributed by atoms with Crippen molar-refractivity contribution in [2.75, 3.05) is 6.61 Å². The van der Waals surface area contributed by atoms with Crippen molar-refractivity contribution >= 4 is 22.9 Å². The lowest BCUT2D eigenvalue weighted by Crippen LogP contribution is -2.46. The second-order valence-electron chi connectivity index (χ2n) is 9.47. The van der Waals surface area contributed by atoms with E-state index in [9.17, 15) is 4.79 Å². The van der Waals surface area contributed by atoms with E-state index in [0.29, 0.717) is 36.0 Å². The molecule has 0 aliphatic heterocycles. The topological polar surface area (TPSA) is 69.5 Å². The first-order valence-corrected chi connectivity index (χ1v) is 11.5. The van der Waals surface area contributed by atoms with Crippen LogP contribution in [0.25, 0.3) is 16.8 Å². The van der Waals surface area contributed by atoms with Gasteiger partial charge in [-0.2, -0.15) is 4.98 Å². The maximum absolute atomic E-state index is 13.4. The molecular formula is C26H32N4O3. The van der Waals surface area contributed by atoms with Gasteiger partial charge in [0.05, 0.1) is 12.0 Å². The van der Waals surface area contributed by atoms with E-state index < -0.39 is 11.6 Å². The van der Waals surface area contributed by atoms with Crippen molar-refractivity contribution in [2.24, 2.45) is 5.92 Å². The van der Waals surface area contributed by atoms with E-state index in [1.54, 1.807) is 4.90 Å². The molecule has 1 aliphatic rings. The van der Waals surface area contributed by atoms with Gasteiger partial charge in [0.1, 0.15) is 5.65 Å². The minimum absolute atomic E-state index is 0.220. The minimum atomic E-state index is -0.464. The molecule has 174 valence electrons. The molecule has 1 amide bonds. The van der Waals surface area contributed by atoms with Gasteiger partial charge in [-0.25, -0.2) is 9.78 Å². The molecule has 0 unspecified atom stereocenters. The zero-order valence-electron chi connectivity index (χ0n) is 19.9. The van der Waals surface area contributed by atoms with E-state index in [0.717, 1.165) is 17.8 Å². The van der Waals surface area contributed by atoms with Gasteiger partial charge in [0.25, 0.3) is 0 Å². The van der Waals surface area contributed by atoms with E-state index >= 15 is 0 Å². The fourth-order valence-corrected chi connectivity index (χ4v) is 3.68. The normalized spacial score (nSPS) is 13.7. The summed E-state index contributed by atoms with van der Waals surface area (Å²) in [7, 11) is 0. The summed E-state index contributed by atoms with van der Waals surface area (Å²) >= 11 is 0. The van der Waals surface area contributed by atoms with Crippen molar-refractivity contribution < 1.29 is 14.3 Å². The highest BCUT2D eigenvalue weighted by molar-refractivity contribution is 5.85. The number of rotatable bonds is 8. The maximum Gasteiger partial charge on any atom is 0.417 e. The number of ether oxygens (including phenoxy) is 2. The molecule has 0 N–H and O–H groups in total. The van der Waals surface area contributed by atoms with Crippen LogP contribution in [0.15, 0.2) is 49.2 Å². The SMILES string of the molecule is C=C(OCC)c1nc(OC(=O)N(Cc2ccccc2)C(C)(C)C)c2ccn(CC3CC3)c2n1. The van der Waals surface area contributed by atoms with E-state index in [1.165, 1.54) is 12.8 Å². The summed E-state index contributed by atoms with van der Waals surface area (Å²) in [6, 6.07) is 11.8. The predicted molar refractivity (Wildman–Crippen MR) is 129 cm³/mol. The fraction of sp³-hybridized carbons (Fsp3) is 0.423. The molecule has 1 fully saturated rings.